The number of aliphatic hydroxyl groups excluding tert-OH is 1. The van der Waals surface area contributed by atoms with Gasteiger partial charge in [-0.05, 0) is 37.9 Å². The number of aromatic nitrogens is 2. The van der Waals surface area contributed by atoms with E-state index >= 15 is 0 Å². The van der Waals surface area contributed by atoms with Crippen molar-refractivity contribution in [2.24, 2.45) is 10.8 Å². The normalized spacial score (nSPS) is 20.6. The molecule has 1 unspecified atom stereocenters. The maximum Gasteiger partial charge on any atom is 0.276 e. The number of likely N-dealkylation sites (tertiary alicyclic amines) is 1. The molecule has 11 nitrogen and oxygen atoms in total. The van der Waals surface area contributed by atoms with Crippen LogP contribution in [0.5, 0.6) is 11.5 Å². The summed E-state index contributed by atoms with van der Waals surface area (Å²) in [5, 5.41) is 17.9. The number of rotatable bonds is 12. The molecule has 0 bridgehead atoms. The number of benzene rings is 2. The molecule has 0 radical (unpaired) electrons. The second-order valence-electron chi connectivity index (χ2n) is 9.84. The molecule has 12 heteroatoms. The van der Waals surface area contributed by atoms with Crippen LogP contribution in [0.15, 0.2) is 59.7 Å². The van der Waals surface area contributed by atoms with E-state index in [1.54, 1.807) is 37.7 Å². The fourth-order valence-electron chi connectivity index (χ4n) is 5.22. The van der Waals surface area contributed by atoms with Gasteiger partial charge in [-0.15, -0.1) is 4.59 Å². The van der Waals surface area contributed by atoms with Gasteiger partial charge in [0.15, 0.2) is 29.9 Å². The minimum atomic E-state index is -0.586. The molecule has 0 spiro atoms. The van der Waals surface area contributed by atoms with E-state index in [0.29, 0.717) is 46.2 Å². The van der Waals surface area contributed by atoms with Crippen LogP contribution >= 0.6 is 0 Å². The molecule has 1 saturated heterocycles. The minimum absolute atomic E-state index is 0.178. The highest BCUT2D eigenvalue weighted by Gasteiger charge is 2.36. The van der Waals surface area contributed by atoms with E-state index in [9.17, 15) is 14.3 Å². The fourth-order valence-corrected chi connectivity index (χ4v) is 5.22. The fraction of sp³-hybridized carbons (Fsp3) is 0.357. The molecule has 3 heterocycles. The first-order valence-electron chi connectivity index (χ1n) is 13.2. The topological polar surface area (TPSA) is 135 Å². The number of hydrogen-bond donors (Lipinski definition) is 3. The van der Waals surface area contributed by atoms with Crippen LogP contribution in [0.25, 0.3) is 10.9 Å². The Morgan fingerprint density at radius 3 is 2.92 bits per heavy atom. The highest BCUT2D eigenvalue weighted by molar-refractivity contribution is 5.96. The standard InChI is InChI=1S/C28H32FN7O4/c1-39-25-12-23-24(13-26(25)40-10-4-9-35-8-3-6-21(35)17-37)31-18-32-28(23)34-20-14-33-36(15-20,16-27(30)38)22-7-2-5-19(29)11-22/h2,5,7,11-15,18,21,37H,3-4,6,8-10,16-17H2,1H3,(H2-,30,31,32,34,38)/p+1/t21-,36?/m0/s1. The van der Waals surface area contributed by atoms with Crippen molar-refractivity contribution < 1.29 is 23.8 Å². The molecule has 1 amide bonds. The smallest absolute Gasteiger partial charge is 0.276 e. The Balaban J connectivity index is 1.34. The largest absolute Gasteiger partial charge is 0.493 e. The third-order valence-electron chi connectivity index (χ3n) is 7.15. The number of methoxy groups -OCH3 is 1. The van der Waals surface area contributed by atoms with E-state index in [1.165, 1.54) is 18.5 Å². The number of hydrogen-bond acceptors (Lipinski definition) is 9. The quantitative estimate of drug-likeness (QED) is 0.231. The Labute approximate surface area is 231 Å². The number of nitrogens with one attached hydrogen (secondary N) is 1. The Morgan fingerprint density at radius 1 is 1.27 bits per heavy atom. The Bertz CT molecular complexity index is 1450. The van der Waals surface area contributed by atoms with Crippen molar-refractivity contribution in [3.05, 3.63) is 60.4 Å². The summed E-state index contributed by atoms with van der Waals surface area (Å²) in [7, 11) is 1.57. The second kappa shape index (κ2) is 11.9. The first-order valence-corrected chi connectivity index (χ1v) is 13.2. The first-order chi connectivity index (χ1) is 19.4. The molecule has 2 aliphatic rings. The zero-order valence-electron chi connectivity index (χ0n) is 22.3. The Morgan fingerprint density at radius 2 is 2.15 bits per heavy atom. The maximum atomic E-state index is 14.0. The minimum Gasteiger partial charge on any atom is -0.493 e. The lowest BCUT2D eigenvalue weighted by Crippen LogP contribution is -2.44. The summed E-state index contributed by atoms with van der Waals surface area (Å²) in [5.41, 5.74) is 7.16. The van der Waals surface area contributed by atoms with Crippen LogP contribution in [-0.4, -0.2) is 78.1 Å². The Kier molecular flexibility index (Phi) is 8.19. The van der Waals surface area contributed by atoms with E-state index in [-0.39, 0.29) is 23.8 Å². The molecule has 2 atom stereocenters. The van der Waals surface area contributed by atoms with Crippen molar-refractivity contribution in [1.29, 1.82) is 0 Å². The number of carbonyl (C=O) groups excluding carboxylic acids is 1. The number of anilines is 1. The summed E-state index contributed by atoms with van der Waals surface area (Å²) in [6.45, 7) is 2.37. The van der Waals surface area contributed by atoms with Gasteiger partial charge in [0.1, 0.15) is 29.9 Å². The van der Waals surface area contributed by atoms with Gasteiger partial charge >= 0.3 is 0 Å². The molecule has 3 aromatic rings. The third-order valence-corrected chi connectivity index (χ3v) is 7.15. The average Bonchev–Trinajstić information content (AvgIpc) is 3.57. The average molecular weight is 551 g/mol. The van der Waals surface area contributed by atoms with Crippen molar-refractivity contribution >= 4 is 34.5 Å². The van der Waals surface area contributed by atoms with Crippen LogP contribution in [0.4, 0.5) is 15.9 Å². The lowest BCUT2D eigenvalue weighted by Gasteiger charge is -2.23. The first kappa shape index (κ1) is 27.4. The summed E-state index contributed by atoms with van der Waals surface area (Å²) in [4.78, 5) is 23.0. The van der Waals surface area contributed by atoms with Crippen molar-refractivity contribution in [2.45, 2.75) is 25.3 Å². The maximum absolute atomic E-state index is 14.0. The van der Waals surface area contributed by atoms with Crippen LogP contribution in [0.2, 0.25) is 0 Å². The molecule has 40 heavy (non-hydrogen) atoms. The molecule has 2 aliphatic heterocycles. The molecule has 1 aromatic heterocycles. The van der Waals surface area contributed by atoms with Crippen LogP contribution in [0, 0.1) is 5.82 Å². The predicted molar refractivity (Wildman–Crippen MR) is 150 cm³/mol. The number of allylic oxidation sites excluding steroid dienone is 1. The molecular weight excluding hydrogens is 517 g/mol. The monoisotopic (exact) mass is 550 g/mol. The van der Waals surface area contributed by atoms with Crippen molar-refractivity contribution in [1.82, 2.24) is 19.5 Å². The van der Waals surface area contributed by atoms with E-state index in [0.717, 1.165) is 32.4 Å². The summed E-state index contributed by atoms with van der Waals surface area (Å²) in [6, 6.07) is 9.75. The predicted octanol–water partition coefficient (Wildman–Crippen LogP) is 2.75. The number of ether oxygens (including phenoxy) is 2. The number of fused-ring (bicyclic) bond motifs is 1. The van der Waals surface area contributed by atoms with E-state index < -0.39 is 11.7 Å². The van der Waals surface area contributed by atoms with Crippen LogP contribution in [0.1, 0.15) is 19.3 Å². The van der Waals surface area contributed by atoms with Gasteiger partial charge in [0.25, 0.3) is 5.91 Å². The molecule has 0 saturated carbocycles. The summed E-state index contributed by atoms with van der Waals surface area (Å²) < 4.78 is 25.3. The number of nitrogens with two attached hydrogens (primary N) is 1. The molecular formula is C28H33FN7O4+. The summed E-state index contributed by atoms with van der Waals surface area (Å²) in [5.74, 6) is 0.575. The molecule has 4 N–H and O–H groups in total. The van der Waals surface area contributed by atoms with Gasteiger partial charge in [-0.1, -0.05) is 11.2 Å². The lowest BCUT2D eigenvalue weighted by molar-refractivity contribution is -0.118. The lowest BCUT2D eigenvalue weighted by atomic mass is 10.2. The van der Waals surface area contributed by atoms with Crippen LogP contribution in [-0.2, 0) is 4.79 Å². The van der Waals surface area contributed by atoms with Gasteiger partial charge in [0.2, 0.25) is 0 Å². The number of quaternary nitrogens is 1. The van der Waals surface area contributed by atoms with Gasteiger partial charge in [0, 0.05) is 36.2 Å². The number of carbonyl (C=O) groups is 1. The summed E-state index contributed by atoms with van der Waals surface area (Å²) in [6.07, 6.45) is 7.64. The number of amides is 1. The summed E-state index contributed by atoms with van der Waals surface area (Å²) >= 11 is 0. The number of aliphatic hydroxyl groups is 1. The molecule has 1 fully saturated rings. The van der Waals surface area contributed by atoms with E-state index in [4.69, 9.17) is 15.2 Å². The zero-order chi connectivity index (χ0) is 28.1. The number of nitrogens with zero attached hydrogens (tertiary/aromatic N) is 5. The number of primary amides is 1. The van der Waals surface area contributed by atoms with Gasteiger partial charge < -0.3 is 25.6 Å². The SMILES string of the molecule is COc1cc2c(NC3=C[N+](CC(N)=O)(c4cccc(F)c4)N=C3)ncnc2cc1OCCCN1CCC[C@H]1CO. The van der Waals surface area contributed by atoms with Crippen molar-refractivity contribution in [3.63, 3.8) is 0 Å². The van der Waals surface area contributed by atoms with Gasteiger partial charge in [-0.2, -0.15) is 0 Å². The van der Waals surface area contributed by atoms with Crippen molar-refractivity contribution in [3.8, 4) is 11.5 Å². The van der Waals surface area contributed by atoms with Gasteiger partial charge in [-0.25, -0.2) is 14.4 Å². The highest BCUT2D eigenvalue weighted by atomic mass is 19.1. The zero-order valence-corrected chi connectivity index (χ0v) is 22.3. The van der Waals surface area contributed by atoms with Crippen LogP contribution < -0.4 is 25.1 Å². The second-order valence-corrected chi connectivity index (χ2v) is 9.84. The van der Waals surface area contributed by atoms with E-state index in [1.807, 2.05) is 6.07 Å². The Hall–Kier alpha value is -4.13. The molecule has 5 rings (SSSR count). The van der Waals surface area contributed by atoms with Crippen LogP contribution in [0.3, 0.4) is 0 Å². The molecule has 0 aliphatic carbocycles. The molecule has 2 aromatic carbocycles. The third kappa shape index (κ3) is 5.88. The number of halogens is 1. The highest BCUT2D eigenvalue weighted by Crippen LogP contribution is 2.35. The van der Waals surface area contributed by atoms with Crippen molar-refractivity contribution in [2.75, 3.05) is 45.3 Å². The van der Waals surface area contributed by atoms with Gasteiger partial charge in [0.05, 0.1) is 25.8 Å². The van der Waals surface area contributed by atoms with Gasteiger partial charge in [-0.3, -0.25) is 9.69 Å². The van der Waals surface area contributed by atoms with E-state index in [2.05, 4.69) is 25.3 Å². The molecule has 210 valence electrons.